The number of hydrogen-bond acceptors (Lipinski definition) is 8. The SMILES string of the molecule is COCCNc1nc(SC)nc2c1sc1nc(CC(C)C)c3c(c12)CC(C)(C)OC3. The van der Waals surface area contributed by atoms with Crippen molar-refractivity contribution in [1.82, 2.24) is 15.0 Å². The fraction of sp³-hybridized carbons (Fsp3) is 0.591. The fourth-order valence-corrected chi connectivity index (χ4v) is 5.45. The highest BCUT2D eigenvalue weighted by Crippen LogP contribution is 2.43. The monoisotopic (exact) mass is 446 g/mol. The number of rotatable bonds is 7. The molecule has 1 aliphatic heterocycles. The Labute approximate surface area is 186 Å². The van der Waals surface area contributed by atoms with Gasteiger partial charge in [-0.15, -0.1) is 11.3 Å². The Balaban J connectivity index is 1.98. The summed E-state index contributed by atoms with van der Waals surface area (Å²) in [5.74, 6) is 1.41. The molecular formula is C22H30N4O2S2. The molecule has 0 aliphatic carbocycles. The zero-order valence-corrected chi connectivity index (χ0v) is 20.2. The molecule has 6 nitrogen and oxygen atoms in total. The molecule has 162 valence electrons. The minimum absolute atomic E-state index is 0.195. The van der Waals surface area contributed by atoms with Gasteiger partial charge in [-0.3, -0.25) is 0 Å². The highest BCUT2D eigenvalue weighted by atomic mass is 32.2. The average molecular weight is 447 g/mol. The van der Waals surface area contributed by atoms with Crippen LogP contribution < -0.4 is 5.32 Å². The highest BCUT2D eigenvalue weighted by molar-refractivity contribution is 7.98. The lowest BCUT2D eigenvalue weighted by atomic mass is 9.88. The summed E-state index contributed by atoms with van der Waals surface area (Å²) in [6, 6.07) is 0. The van der Waals surface area contributed by atoms with Crippen LogP contribution in [0.4, 0.5) is 5.82 Å². The molecule has 3 aromatic rings. The largest absolute Gasteiger partial charge is 0.383 e. The van der Waals surface area contributed by atoms with Crippen LogP contribution in [0.2, 0.25) is 0 Å². The quantitative estimate of drug-likeness (QED) is 0.309. The number of thioether (sulfide) groups is 1. The second-order valence-corrected chi connectivity index (χ2v) is 10.5. The summed E-state index contributed by atoms with van der Waals surface area (Å²) in [7, 11) is 1.71. The Hall–Kier alpha value is -1.48. The summed E-state index contributed by atoms with van der Waals surface area (Å²) < 4.78 is 12.5. The van der Waals surface area contributed by atoms with Gasteiger partial charge in [0.05, 0.1) is 29.0 Å². The topological polar surface area (TPSA) is 69.2 Å². The summed E-state index contributed by atoms with van der Waals surface area (Å²) >= 11 is 3.25. The molecule has 0 saturated carbocycles. The van der Waals surface area contributed by atoms with Gasteiger partial charge in [0.2, 0.25) is 0 Å². The van der Waals surface area contributed by atoms with Gasteiger partial charge in [-0.2, -0.15) is 0 Å². The van der Waals surface area contributed by atoms with E-state index in [9.17, 15) is 0 Å². The number of hydrogen-bond donors (Lipinski definition) is 1. The molecule has 4 rings (SSSR count). The van der Waals surface area contributed by atoms with Crippen molar-refractivity contribution in [2.45, 2.75) is 57.9 Å². The van der Waals surface area contributed by atoms with Crippen molar-refractivity contribution in [2.24, 2.45) is 5.92 Å². The molecule has 0 unspecified atom stereocenters. The van der Waals surface area contributed by atoms with Gasteiger partial charge in [0.1, 0.15) is 10.6 Å². The minimum Gasteiger partial charge on any atom is -0.383 e. The first-order valence-corrected chi connectivity index (χ1v) is 12.4. The van der Waals surface area contributed by atoms with Crippen LogP contribution in [0.5, 0.6) is 0 Å². The molecule has 0 saturated heterocycles. The van der Waals surface area contributed by atoms with Gasteiger partial charge in [0.25, 0.3) is 0 Å². The highest BCUT2D eigenvalue weighted by Gasteiger charge is 2.32. The second-order valence-electron chi connectivity index (χ2n) is 8.78. The Morgan fingerprint density at radius 1 is 1.23 bits per heavy atom. The molecule has 1 N–H and O–H groups in total. The van der Waals surface area contributed by atoms with Crippen LogP contribution in [0, 0.1) is 5.92 Å². The molecule has 4 heterocycles. The van der Waals surface area contributed by atoms with E-state index >= 15 is 0 Å². The smallest absolute Gasteiger partial charge is 0.189 e. The molecule has 0 radical (unpaired) electrons. The number of pyridine rings is 1. The van der Waals surface area contributed by atoms with E-state index in [4.69, 9.17) is 24.4 Å². The molecule has 3 aromatic heterocycles. The summed E-state index contributed by atoms with van der Waals surface area (Å²) in [6.45, 7) is 10.8. The van der Waals surface area contributed by atoms with E-state index in [-0.39, 0.29) is 5.60 Å². The van der Waals surface area contributed by atoms with E-state index < -0.39 is 0 Å². The minimum atomic E-state index is -0.195. The standard InChI is InChI=1S/C22H30N4O2S2/c1-12(2)9-15-14-11-28-22(3,4)10-13(14)16-17-18(30-20(16)24-15)19(23-7-8-27-5)26-21(25-17)29-6/h12H,7-11H2,1-6H3,(H,23,25,26). The molecule has 0 spiro atoms. The molecule has 1 aliphatic rings. The normalized spacial score (nSPS) is 15.8. The van der Waals surface area contributed by atoms with E-state index in [0.717, 1.165) is 38.9 Å². The Morgan fingerprint density at radius 3 is 2.73 bits per heavy atom. The lowest BCUT2D eigenvalue weighted by Crippen LogP contribution is -2.33. The maximum absolute atomic E-state index is 6.19. The number of nitrogens with zero attached hydrogens (tertiary/aromatic N) is 3. The molecule has 0 amide bonds. The third-order valence-electron chi connectivity index (χ3n) is 5.34. The Bertz CT molecular complexity index is 1080. The van der Waals surface area contributed by atoms with Crippen LogP contribution in [-0.2, 0) is 28.9 Å². The molecule has 30 heavy (non-hydrogen) atoms. The third-order valence-corrected chi connectivity index (χ3v) is 6.97. The van der Waals surface area contributed by atoms with Crippen molar-refractivity contribution in [3.63, 3.8) is 0 Å². The third kappa shape index (κ3) is 4.15. The van der Waals surface area contributed by atoms with E-state index in [0.29, 0.717) is 25.7 Å². The van der Waals surface area contributed by atoms with Crippen molar-refractivity contribution in [3.8, 4) is 0 Å². The zero-order valence-electron chi connectivity index (χ0n) is 18.6. The van der Waals surface area contributed by atoms with Gasteiger partial charge in [-0.05, 0) is 38.0 Å². The number of aromatic nitrogens is 3. The van der Waals surface area contributed by atoms with Crippen LogP contribution in [0.3, 0.4) is 0 Å². The Morgan fingerprint density at radius 2 is 2.03 bits per heavy atom. The fourth-order valence-electron chi connectivity index (χ4n) is 3.96. The van der Waals surface area contributed by atoms with Gasteiger partial charge < -0.3 is 14.8 Å². The molecule has 0 bridgehead atoms. The summed E-state index contributed by atoms with van der Waals surface area (Å²) in [6.07, 6.45) is 3.83. The second kappa shape index (κ2) is 8.57. The Kier molecular flexibility index (Phi) is 6.21. The average Bonchev–Trinajstić information content (AvgIpc) is 3.05. The number of thiophene rings is 1. The first-order chi connectivity index (χ1) is 14.3. The molecular weight excluding hydrogens is 416 g/mol. The number of fused-ring (bicyclic) bond motifs is 5. The predicted molar refractivity (Wildman–Crippen MR) is 126 cm³/mol. The van der Waals surface area contributed by atoms with Gasteiger partial charge in [-0.25, -0.2) is 15.0 Å². The van der Waals surface area contributed by atoms with Crippen LogP contribution >= 0.6 is 23.1 Å². The number of anilines is 1. The van der Waals surface area contributed by atoms with Crippen LogP contribution in [0.25, 0.3) is 20.4 Å². The van der Waals surface area contributed by atoms with Crippen molar-refractivity contribution in [3.05, 3.63) is 16.8 Å². The van der Waals surface area contributed by atoms with E-state index in [1.807, 2.05) is 6.26 Å². The van der Waals surface area contributed by atoms with Gasteiger partial charge in [-0.1, -0.05) is 25.6 Å². The van der Waals surface area contributed by atoms with E-state index in [2.05, 4.69) is 33.0 Å². The lowest BCUT2D eigenvalue weighted by molar-refractivity contribution is -0.0402. The van der Waals surface area contributed by atoms with Crippen molar-refractivity contribution < 1.29 is 9.47 Å². The van der Waals surface area contributed by atoms with Crippen LogP contribution in [0.15, 0.2) is 5.16 Å². The molecule has 0 aromatic carbocycles. The summed E-state index contributed by atoms with van der Waals surface area (Å²) in [5.41, 5.74) is 4.59. The zero-order chi connectivity index (χ0) is 21.5. The van der Waals surface area contributed by atoms with E-state index in [1.54, 1.807) is 30.2 Å². The summed E-state index contributed by atoms with van der Waals surface area (Å²) in [4.78, 5) is 15.8. The number of methoxy groups -OCH3 is 1. The first-order valence-electron chi connectivity index (χ1n) is 10.4. The van der Waals surface area contributed by atoms with Gasteiger partial charge >= 0.3 is 0 Å². The van der Waals surface area contributed by atoms with Crippen LogP contribution in [-0.4, -0.2) is 47.1 Å². The lowest BCUT2D eigenvalue weighted by Gasteiger charge is -2.33. The maximum atomic E-state index is 6.19. The van der Waals surface area contributed by atoms with Crippen molar-refractivity contribution in [1.29, 1.82) is 0 Å². The molecule has 0 fully saturated rings. The first kappa shape index (κ1) is 21.7. The van der Waals surface area contributed by atoms with Gasteiger partial charge in [0.15, 0.2) is 5.16 Å². The van der Waals surface area contributed by atoms with E-state index in [1.165, 1.54) is 22.2 Å². The molecule has 0 atom stereocenters. The molecule has 8 heteroatoms. The summed E-state index contributed by atoms with van der Waals surface area (Å²) in [5, 5.41) is 5.39. The predicted octanol–water partition coefficient (Wildman–Crippen LogP) is 5.07. The van der Waals surface area contributed by atoms with Gasteiger partial charge in [0, 0.05) is 36.7 Å². The maximum Gasteiger partial charge on any atom is 0.189 e. The van der Waals surface area contributed by atoms with Crippen molar-refractivity contribution >= 4 is 49.3 Å². The number of nitrogens with one attached hydrogen (secondary N) is 1. The number of ether oxygens (including phenoxy) is 2. The van der Waals surface area contributed by atoms with Crippen molar-refractivity contribution in [2.75, 3.05) is 31.8 Å². The van der Waals surface area contributed by atoms with Crippen LogP contribution in [0.1, 0.15) is 44.5 Å².